The van der Waals surface area contributed by atoms with Gasteiger partial charge in [0.25, 0.3) is 10.0 Å². The summed E-state index contributed by atoms with van der Waals surface area (Å²) in [4.78, 5) is 2.99. The van der Waals surface area contributed by atoms with Gasteiger partial charge in [0.1, 0.15) is 23.0 Å². The Balaban J connectivity index is 1.96. The van der Waals surface area contributed by atoms with Gasteiger partial charge in [-0.05, 0) is 30.3 Å². The molecule has 3 rings (SSSR count). The van der Waals surface area contributed by atoms with Gasteiger partial charge in [0, 0.05) is 12.3 Å². The molecule has 0 spiro atoms. The lowest BCUT2D eigenvalue weighted by Gasteiger charge is -2.14. The van der Waals surface area contributed by atoms with Crippen molar-refractivity contribution < 1.29 is 30.7 Å². The first-order chi connectivity index (χ1) is 13.5. The third-order valence-corrected chi connectivity index (χ3v) is 5.33. The minimum atomic E-state index is -4.90. The van der Waals surface area contributed by atoms with Crippen LogP contribution in [0.25, 0.3) is 5.69 Å². The van der Waals surface area contributed by atoms with E-state index in [1.807, 2.05) is 0 Å². The number of halogens is 5. The lowest BCUT2D eigenvalue weighted by Crippen LogP contribution is -2.15. The van der Waals surface area contributed by atoms with Crippen LogP contribution < -0.4 is 9.46 Å². The van der Waals surface area contributed by atoms with E-state index in [1.165, 1.54) is 42.4 Å². The molecular formula is C17H12ClF4N3O3S. The highest BCUT2D eigenvalue weighted by molar-refractivity contribution is 7.92. The second-order valence-corrected chi connectivity index (χ2v) is 7.84. The van der Waals surface area contributed by atoms with Crippen LogP contribution in [0.1, 0.15) is 5.56 Å². The normalized spacial score (nSPS) is 12.1. The van der Waals surface area contributed by atoms with Crippen molar-refractivity contribution in [3.63, 3.8) is 0 Å². The van der Waals surface area contributed by atoms with Crippen molar-refractivity contribution in [2.24, 2.45) is 0 Å². The minimum Gasteiger partial charge on any atom is -0.494 e. The zero-order valence-electron chi connectivity index (χ0n) is 14.5. The summed E-state index contributed by atoms with van der Waals surface area (Å²) >= 11 is 5.77. The van der Waals surface area contributed by atoms with E-state index in [2.05, 4.69) is 9.71 Å². The van der Waals surface area contributed by atoms with Crippen molar-refractivity contribution in [2.75, 3.05) is 11.8 Å². The molecule has 0 aliphatic rings. The number of aromatic nitrogens is 2. The summed E-state index contributed by atoms with van der Waals surface area (Å²) < 4.78 is 85.9. The molecule has 12 heteroatoms. The van der Waals surface area contributed by atoms with Crippen molar-refractivity contribution in [1.29, 1.82) is 0 Å². The van der Waals surface area contributed by atoms with E-state index in [0.29, 0.717) is 17.8 Å². The Kier molecular flexibility index (Phi) is 5.46. The number of ether oxygens (including phenoxy) is 1. The van der Waals surface area contributed by atoms with E-state index < -0.39 is 32.5 Å². The molecule has 0 amide bonds. The van der Waals surface area contributed by atoms with Crippen LogP contribution in [0.3, 0.4) is 0 Å². The maximum Gasteiger partial charge on any atom is 0.416 e. The summed E-state index contributed by atoms with van der Waals surface area (Å²) in [5.41, 5.74) is -0.933. The van der Waals surface area contributed by atoms with Crippen LogP contribution in [0, 0.1) is 5.82 Å². The third-order valence-electron chi connectivity index (χ3n) is 3.77. The largest absolute Gasteiger partial charge is 0.494 e. The fourth-order valence-corrected chi connectivity index (χ4v) is 3.73. The third kappa shape index (κ3) is 4.62. The smallest absolute Gasteiger partial charge is 0.416 e. The number of nitrogens with zero attached hydrogens (tertiary/aromatic N) is 2. The first-order valence-electron chi connectivity index (χ1n) is 7.78. The molecule has 0 saturated carbocycles. The molecule has 2 aromatic carbocycles. The molecule has 0 aliphatic heterocycles. The van der Waals surface area contributed by atoms with E-state index in [4.69, 9.17) is 16.3 Å². The number of methoxy groups -OCH3 is 1. The zero-order valence-corrected chi connectivity index (χ0v) is 16.1. The van der Waals surface area contributed by atoms with Gasteiger partial charge in [0.05, 0.1) is 28.9 Å². The number of anilines is 1. The van der Waals surface area contributed by atoms with Gasteiger partial charge in [-0.25, -0.2) is 17.8 Å². The lowest BCUT2D eigenvalue weighted by molar-refractivity contribution is -0.137. The predicted octanol–water partition coefficient (Wildman–Crippen LogP) is 4.49. The van der Waals surface area contributed by atoms with Crippen molar-refractivity contribution in [3.8, 4) is 11.4 Å². The number of hydrogen-bond donors (Lipinski definition) is 1. The maximum atomic E-state index is 13.6. The Labute approximate surface area is 167 Å². The molecule has 0 saturated heterocycles. The number of benzene rings is 2. The molecule has 0 fully saturated rings. The topological polar surface area (TPSA) is 73.2 Å². The quantitative estimate of drug-likeness (QED) is 0.582. The Morgan fingerprint density at radius 2 is 1.90 bits per heavy atom. The number of imidazole rings is 1. The van der Waals surface area contributed by atoms with Gasteiger partial charge in [-0.15, -0.1) is 0 Å². The summed E-state index contributed by atoms with van der Waals surface area (Å²) in [5.74, 6) is -1.10. The predicted molar refractivity (Wildman–Crippen MR) is 97.3 cm³/mol. The standard InChI is InChI=1S/C17H12ClF4N3O3S/c1-28-15-7-12(2-3-14(15)25-8-16(18)23-9-25)24-29(26,27)13-5-10(17(20,21)22)4-11(19)6-13/h2-9,24H,1H3. The maximum absolute atomic E-state index is 13.6. The number of rotatable bonds is 5. The molecule has 1 aromatic heterocycles. The van der Waals surface area contributed by atoms with E-state index in [9.17, 15) is 26.0 Å². The molecular weight excluding hydrogens is 438 g/mol. The van der Waals surface area contributed by atoms with E-state index in [-0.39, 0.29) is 22.7 Å². The summed E-state index contributed by atoms with van der Waals surface area (Å²) in [6, 6.07) is 5.22. The van der Waals surface area contributed by atoms with Gasteiger partial charge in [-0.2, -0.15) is 13.2 Å². The minimum absolute atomic E-state index is 0.00497. The Morgan fingerprint density at radius 1 is 1.17 bits per heavy atom. The highest BCUT2D eigenvalue weighted by atomic mass is 35.5. The lowest BCUT2D eigenvalue weighted by atomic mass is 10.2. The summed E-state index contributed by atoms with van der Waals surface area (Å²) in [5, 5.41) is 0.225. The molecule has 29 heavy (non-hydrogen) atoms. The Bertz CT molecular complexity index is 1160. The molecule has 0 atom stereocenters. The number of sulfonamides is 1. The summed E-state index contributed by atoms with van der Waals surface area (Å²) in [6.45, 7) is 0. The van der Waals surface area contributed by atoms with Gasteiger partial charge in [0.15, 0.2) is 0 Å². The van der Waals surface area contributed by atoms with Gasteiger partial charge in [-0.1, -0.05) is 11.6 Å². The molecule has 0 radical (unpaired) electrons. The fraction of sp³-hybridized carbons (Fsp3) is 0.118. The molecule has 6 nitrogen and oxygen atoms in total. The van der Waals surface area contributed by atoms with Crippen LogP contribution in [0.15, 0.2) is 53.8 Å². The van der Waals surface area contributed by atoms with Crippen molar-refractivity contribution in [2.45, 2.75) is 11.1 Å². The van der Waals surface area contributed by atoms with Crippen LogP contribution in [-0.2, 0) is 16.2 Å². The van der Waals surface area contributed by atoms with E-state index >= 15 is 0 Å². The highest BCUT2D eigenvalue weighted by Crippen LogP contribution is 2.33. The number of nitrogens with one attached hydrogen (secondary N) is 1. The van der Waals surface area contributed by atoms with Crippen LogP contribution in [-0.4, -0.2) is 25.1 Å². The SMILES string of the molecule is COc1cc(NS(=O)(=O)c2cc(F)cc(C(F)(F)F)c2)ccc1-n1cnc(Cl)c1. The van der Waals surface area contributed by atoms with Gasteiger partial charge in [-0.3, -0.25) is 4.72 Å². The van der Waals surface area contributed by atoms with Crippen LogP contribution in [0.2, 0.25) is 5.15 Å². The molecule has 1 heterocycles. The summed E-state index contributed by atoms with van der Waals surface area (Å²) in [7, 11) is -3.16. The van der Waals surface area contributed by atoms with E-state index in [0.717, 1.165) is 0 Å². The average Bonchev–Trinajstić information content (AvgIpc) is 3.06. The van der Waals surface area contributed by atoms with E-state index in [1.54, 1.807) is 0 Å². The molecule has 0 unspecified atom stereocenters. The van der Waals surface area contributed by atoms with Gasteiger partial charge in [0.2, 0.25) is 0 Å². The first kappa shape index (κ1) is 20.9. The van der Waals surface area contributed by atoms with Crippen molar-refractivity contribution in [1.82, 2.24) is 9.55 Å². The Morgan fingerprint density at radius 3 is 2.48 bits per heavy atom. The molecule has 3 aromatic rings. The average molecular weight is 450 g/mol. The fourth-order valence-electron chi connectivity index (χ4n) is 2.48. The molecule has 154 valence electrons. The van der Waals surface area contributed by atoms with Crippen molar-refractivity contribution >= 4 is 27.3 Å². The molecule has 0 bridgehead atoms. The molecule has 1 N–H and O–H groups in total. The first-order valence-corrected chi connectivity index (χ1v) is 9.64. The number of alkyl halides is 3. The summed E-state index contributed by atoms with van der Waals surface area (Å²) in [6.07, 6.45) is -1.99. The second kappa shape index (κ2) is 7.56. The van der Waals surface area contributed by atoms with Gasteiger partial charge < -0.3 is 9.30 Å². The monoisotopic (exact) mass is 449 g/mol. The van der Waals surface area contributed by atoms with Crippen LogP contribution in [0.4, 0.5) is 23.2 Å². The molecule has 0 aliphatic carbocycles. The second-order valence-electron chi connectivity index (χ2n) is 5.77. The van der Waals surface area contributed by atoms with Crippen LogP contribution >= 0.6 is 11.6 Å². The van der Waals surface area contributed by atoms with Crippen molar-refractivity contribution in [3.05, 3.63) is 65.5 Å². The Hall–Kier alpha value is -2.79. The zero-order chi connectivity index (χ0) is 21.4. The van der Waals surface area contributed by atoms with Gasteiger partial charge >= 0.3 is 6.18 Å². The highest BCUT2D eigenvalue weighted by Gasteiger charge is 2.33. The van der Waals surface area contributed by atoms with Crippen LogP contribution in [0.5, 0.6) is 5.75 Å². The number of hydrogen-bond acceptors (Lipinski definition) is 4.